The molecule has 104 valence electrons. The maximum Gasteiger partial charge on any atom is 0.317 e. The Morgan fingerprint density at radius 3 is 2.68 bits per heavy atom. The normalized spacial score (nSPS) is 20.7. The van der Waals surface area contributed by atoms with Gasteiger partial charge in [0.05, 0.1) is 6.04 Å². The van der Waals surface area contributed by atoms with Crippen molar-refractivity contribution in [1.29, 1.82) is 0 Å². The number of carbonyl (C=O) groups excluding carboxylic acids is 1. The largest absolute Gasteiger partial charge is 0.328 e. The summed E-state index contributed by atoms with van der Waals surface area (Å²) in [6.45, 7) is 2.06. The van der Waals surface area contributed by atoms with E-state index in [1.807, 2.05) is 18.1 Å². The number of urea groups is 1. The Labute approximate surface area is 118 Å². The van der Waals surface area contributed by atoms with Gasteiger partial charge in [0.1, 0.15) is 5.01 Å². The van der Waals surface area contributed by atoms with Crippen molar-refractivity contribution in [1.82, 2.24) is 15.2 Å². The first kappa shape index (κ1) is 12.9. The Balaban J connectivity index is 1.66. The molecule has 2 fully saturated rings. The van der Waals surface area contributed by atoms with E-state index in [2.05, 4.69) is 17.2 Å². The second-order valence-electron chi connectivity index (χ2n) is 5.77. The molecular formula is C14H21N3OS. The van der Waals surface area contributed by atoms with Crippen molar-refractivity contribution in [3.05, 3.63) is 16.1 Å². The molecule has 19 heavy (non-hydrogen) atoms. The van der Waals surface area contributed by atoms with E-state index in [0.29, 0.717) is 12.0 Å². The number of amides is 2. The topological polar surface area (TPSA) is 45.2 Å². The first-order valence-corrected chi connectivity index (χ1v) is 7.92. The van der Waals surface area contributed by atoms with Gasteiger partial charge in [-0.3, -0.25) is 0 Å². The number of aromatic nitrogens is 1. The van der Waals surface area contributed by atoms with Gasteiger partial charge in [-0.2, -0.15) is 0 Å². The van der Waals surface area contributed by atoms with Crippen LogP contribution >= 0.6 is 11.3 Å². The number of nitrogens with zero attached hydrogens (tertiary/aromatic N) is 2. The Morgan fingerprint density at radius 1 is 1.47 bits per heavy atom. The van der Waals surface area contributed by atoms with Gasteiger partial charge in [-0.15, -0.1) is 11.3 Å². The van der Waals surface area contributed by atoms with Crippen LogP contribution in [0.25, 0.3) is 0 Å². The number of thiazole rings is 1. The van der Waals surface area contributed by atoms with Gasteiger partial charge < -0.3 is 10.2 Å². The van der Waals surface area contributed by atoms with Gasteiger partial charge >= 0.3 is 6.03 Å². The molecule has 1 aromatic rings. The Morgan fingerprint density at radius 2 is 2.21 bits per heavy atom. The summed E-state index contributed by atoms with van der Waals surface area (Å²) in [5.41, 5.74) is 0. The fraction of sp³-hybridized carbons (Fsp3) is 0.714. The molecule has 4 nitrogen and oxygen atoms in total. The van der Waals surface area contributed by atoms with Crippen molar-refractivity contribution in [2.24, 2.45) is 5.92 Å². The van der Waals surface area contributed by atoms with Crippen LogP contribution in [0, 0.1) is 12.8 Å². The number of carbonyl (C=O) groups is 1. The Hall–Kier alpha value is -1.10. The monoisotopic (exact) mass is 279 g/mol. The van der Waals surface area contributed by atoms with Gasteiger partial charge in [0.2, 0.25) is 0 Å². The van der Waals surface area contributed by atoms with Crippen molar-refractivity contribution >= 4 is 17.4 Å². The lowest BCUT2D eigenvalue weighted by Gasteiger charge is -2.35. The molecule has 3 rings (SSSR count). The summed E-state index contributed by atoms with van der Waals surface area (Å²) in [5.74, 6) is 0.587. The molecule has 2 amide bonds. The summed E-state index contributed by atoms with van der Waals surface area (Å²) in [5, 5.41) is 4.26. The van der Waals surface area contributed by atoms with Crippen molar-refractivity contribution in [3.63, 3.8) is 0 Å². The lowest BCUT2D eigenvalue weighted by atomic mass is 9.92. The summed E-state index contributed by atoms with van der Waals surface area (Å²) < 4.78 is 0. The molecule has 2 saturated carbocycles. The molecule has 2 aliphatic carbocycles. The summed E-state index contributed by atoms with van der Waals surface area (Å²) in [6.07, 6.45) is 7.85. The van der Waals surface area contributed by atoms with E-state index in [9.17, 15) is 4.79 Å². The Bertz CT molecular complexity index is 465. The van der Waals surface area contributed by atoms with E-state index in [1.54, 1.807) is 11.3 Å². The van der Waals surface area contributed by atoms with Crippen molar-refractivity contribution in [2.75, 3.05) is 7.05 Å². The zero-order chi connectivity index (χ0) is 13.4. The third kappa shape index (κ3) is 2.76. The molecule has 0 saturated heterocycles. The van der Waals surface area contributed by atoms with Crippen LogP contribution in [0.5, 0.6) is 0 Å². The smallest absolute Gasteiger partial charge is 0.317 e. The van der Waals surface area contributed by atoms with Gasteiger partial charge in [-0.05, 0) is 44.9 Å². The zero-order valence-electron chi connectivity index (χ0n) is 11.6. The summed E-state index contributed by atoms with van der Waals surface area (Å²) in [4.78, 5) is 19.8. The molecule has 0 bridgehead atoms. The second kappa shape index (κ2) is 5.12. The fourth-order valence-electron chi connectivity index (χ4n) is 2.50. The van der Waals surface area contributed by atoms with Crippen molar-refractivity contribution in [3.8, 4) is 0 Å². The number of aryl methyl sites for hydroxylation is 1. The van der Waals surface area contributed by atoms with Crippen LogP contribution in [-0.2, 0) is 0 Å². The minimum Gasteiger partial charge on any atom is -0.328 e. The first-order valence-electron chi connectivity index (χ1n) is 7.11. The van der Waals surface area contributed by atoms with Crippen LogP contribution in [0.15, 0.2) is 6.20 Å². The standard InChI is InChI=1S/C14H21N3OS/c1-9-8-15-13(19-9)12(10-6-7-10)16-14(18)17(2)11-4-3-5-11/h8,10-12H,3-7H2,1-2H3,(H,16,18). The Kier molecular flexibility index (Phi) is 3.48. The molecule has 5 heteroatoms. The molecule has 1 heterocycles. The van der Waals surface area contributed by atoms with Crippen LogP contribution in [-0.4, -0.2) is 29.0 Å². The molecule has 0 aromatic carbocycles. The van der Waals surface area contributed by atoms with Crippen LogP contribution in [0.2, 0.25) is 0 Å². The van der Waals surface area contributed by atoms with E-state index >= 15 is 0 Å². The lowest BCUT2D eigenvalue weighted by Crippen LogP contribution is -2.47. The van der Waals surface area contributed by atoms with Crippen LogP contribution < -0.4 is 5.32 Å². The van der Waals surface area contributed by atoms with Gasteiger partial charge in [-0.25, -0.2) is 9.78 Å². The number of nitrogens with one attached hydrogen (secondary N) is 1. The zero-order valence-corrected chi connectivity index (χ0v) is 12.4. The van der Waals surface area contributed by atoms with Gasteiger partial charge in [0, 0.05) is 24.2 Å². The molecular weight excluding hydrogens is 258 g/mol. The molecule has 1 unspecified atom stereocenters. The highest BCUT2D eigenvalue weighted by atomic mass is 32.1. The number of hydrogen-bond acceptors (Lipinski definition) is 3. The number of hydrogen-bond donors (Lipinski definition) is 1. The third-order valence-corrected chi connectivity index (χ3v) is 5.22. The summed E-state index contributed by atoms with van der Waals surface area (Å²) in [6, 6.07) is 0.626. The van der Waals surface area contributed by atoms with E-state index in [1.165, 1.54) is 24.1 Å². The van der Waals surface area contributed by atoms with Crippen LogP contribution in [0.1, 0.15) is 48.0 Å². The van der Waals surface area contributed by atoms with Crippen molar-refractivity contribution < 1.29 is 4.79 Å². The molecule has 0 spiro atoms. The predicted octanol–water partition coefficient (Wildman–Crippen LogP) is 3.10. The van der Waals surface area contributed by atoms with Gasteiger partial charge in [0.15, 0.2) is 0 Å². The van der Waals surface area contributed by atoms with Crippen LogP contribution in [0.3, 0.4) is 0 Å². The molecule has 0 aliphatic heterocycles. The molecule has 0 radical (unpaired) electrons. The first-order chi connectivity index (χ1) is 9.15. The maximum absolute atomic E-state index is 12.3. The average Bonchev–Trinajstić information content (AvgIpc) is 3.06. The maximum atomic E-state index is 12.3. The SMILES string of the molecule is Cc1cnc(C(NC(=O)N(C)C2CCC2)C2CC2)s1. The van der Waals surface area contributed by atoms with E-state index in [-0.39, 0.29) is 12.1 Å². The average molecular weight is 279 g/mol. The second-order valence-corrected chi connectivity index (χ2v) is 7.04. The van der Waals surface area contributed by atoms with E-state index < -0.39 is 0 Å². The molecule has 1 atom stereocenters. The fourth-order valence-corrected chi connectivity index (χ4v) is 3.42. The van der Waals surface area contributed by atoms with E-state index in [4.69, 9.17) is 0 Å². The lowest BCUT2D eigenvalue weighted by molar-refractivity contribution is 0.153. The highest BCUT2D eigenvalue weighted by Crippen LogP contribution is 2.42. The molecule has 2 aliphatic rings. The number of rotatable bonds is 4. The molecule has 1 N–H and O–H groups in total. The van der Waals surface area contributed by atoms with E-state index in [0.717, 1.165) is 17.8 Å². The van der Waals surface area contributed by atoms with Crippen molar-refractivity contribution in [2.45, 2.75) is 51.1 Å². The summed E-state index contributed by atoms with van der Waals surface area (Å²) >= 11 is 1.70. The highest BCUT2D eigenvalue weighted by Gasteiger charge is 2.36. The minimum absolute atomic E-state index is 0.0643. The van der Waals surface area contributed by atoms with Gasteiger partial charge in [0.25, 0.3) is 0 Å². The molecule has 1 aromatic heterocycles. The predicted molar refractivity (Wildman–Crippen MR) is 76.2 cm³/mol. The van der Waals surface area contributed by atoms with Gasteiger partial charge in [-0.1, -0.05) is 0 Å². The van der Waals surface area contributed by atoms with Crippen LogP contribution in [0.4, 0.5) is 4.79 Å². The summed E-state index contributed by atoms with van der Waals surface area (Å²) in [7, 11) is 1.91. The highest BCUT2D eigenvalue weighted by molar-refractivity contribution is 7.11. The third-order valence-electron chi connectivity index (χ3n) is 4.22. The minimum atomic E-state index is 0.0643. The quantitative estimate of drug-likeness (QED) is 0.920.